The summed E-state index contributed by atoms with van der Waals surface area (Å²) in [6, 6.07) is 0. The first kappa shape index (κ1) is 28.1. The summed E-state index contributed by atoms with van der Waals surface area (Å²) in [6.07, 6.45) is 19.0. The smallest absolute Gasteiger partial charge is 0.202 e. The number of guanidine groups is 2. The van der Waals surface area contributed by atoms with Gasteiger partial charge in [-0.1, -0.05) is 64.7 Å². The first-order chi connectivity index (χ1) is 15.0. The summed E-state index contributed by atoms with van der Waals surface area (Å²) in [6.45, 7) is 3.30. The number of nitriles is 2. The predicted molar refractivity (Wildman–Crippen MR) is 124 cm³/mol. The lowest BCUT2D eigenvalue weighted by Gasteiger charge is -2.17. The molecule has 0 heterocycles. The molecule has 0 amide bonds. The van der Waals surface area contributed by atoms with Crippen LogP contribution in [0.15, 0.2) is 11.8 Å². The zero-order valence-corrected chi connectivity index (χ0v) is 19.0. The van der Waals surface area contributed by atoms with Crippen LogP contribution in [0.3, 0.4) is 0 Å². The summed E-state index contributed by atoms with van der Waals surface area (Å²) in [4.78, 5) is 2.16. The van der Waals surface area contributed by atoms with Gasteiger partial charge in [0.2, 0.25) is 11.9 Å². The minimum absolute atomic E-state index is 0.163. The Hall–Kier alpha value is -2.94. The van der Waals surface area contributed by atoms with Crippen molar-refractivity contribution in [2.45, 2.75) is 84.0 Å². The van der Waals surface area contributed by atoms with Gasteiger partial charge in [0.05, 0.1) is 19.4 Å². The molecule has 6 N–H and O–H groups in total. The summed E-state index contributed by atoms with van der Waals surface area (Å²) in [5, 5.41) is 32.9. The topological polar surface area (TPSA) is 163 Å². The molecule has 0 aromatic rings. The molecule has 0 fully saturated rings. The molecule has 0 aliphatic carbocycles. The van der Waals surface area contributed by atoms with E-state index < -0.39 is 0 Å². The Morgan fingerprint density at radius 2 is 1.35 bits per heavy atom. The Kier molecular flexibility index (Phi) is 17.2. The zero-order valence-electron chi connectivity index (χ0n) is 19.0. The summed E-state index contributed by atoms with van der Waals surface area (Å²) in [5.74, 6) is -0.627. The molecule has 0 radical (unpaired) electrons. The van der Waals surface area contributed by atoms with Gasteiger partial charge >= 0.3 is 0 Å². The van der Waals surface area contributed by atoms with Crippen molar-refractivity contribution in [3.05, 3.63) is 11.8 Å². The van der Waals surface area contributed by atoms with E-state index in [1.165, 1.54) is 51.4 Å². The highest BCUT2D eigenvalue weighted by Gasteiger charge is 2.11. The second-order valence-corrected chi connectivity index (χ2v) is 7.64. The third kappa shape index (κ3) is 15.5. The number of hydrogen-bond donors (Lipinski definition) is 4. The maximum Gasteiger partial charge on any atom is 0.202 e. The molecule has 9 heteroatoms. The van der Waals surface area contributed by atoms with E-state index in [0.29, 0.717) is 26.0 Å². The van der Waals surface area contributed by atoms with E-state index in [1.54, 1.807) is 6.26 Å². The molecule has 174 valence electrons. The number of hydrogen-bond acceptors (Lipinski definition) is 5. The Balaban J connectivity index is 4.27. The number of nitrogens with zero attached hydrogens (tertiary/aromatic N) is 4. The van der Waals surface area contributed by atoms with Crippen LogP contribution >= 0.6 is 0 Å². The van der Waals surface area contributed by atoms with E-state index in [1.807, 2.05) is 12.4 Å². The molecule has 0 saturated heterocycles. The van der Waals surface area contributed by atoms with Gasteiger partial charge in [-0.2, -0.15) is 10.5 Å². The highest BCUT2D eigenvalue weighted by Crippen LogP contribution is 2.12. The normalized spacial score (nSPS) is 10.7. The van der Waals surface area contributed by atoms with Crippen molar-refractivity contribution in [1.29, 1.82) is 21.3 Å². The van der Waals surface area contributed by atoms with Crippen LogP contribution in [0.4, 0.5) is 0 Å². The van der Waals surface area contributed by atoms with Gasteiger partial charge in [0.1, 0.15) is 0 Å². The standard InChI is InChI=1S/C22H40N8O/c1-2-3-4-5-6-7-8-9-10-11-15-31-17-20(16-30(19-24)22(27)28)13-12-14-29(18-23)21(25)26/h17H,2-16H2,1H3,(H3,25,26)(H3,27,28). The number of unbranched alkanes of at least 4 members (excludes halogenated alkanes) is 9. The molecular weight excluding hydrogens is 392 g/mol. The number of nitrogens with one attached hydrogen (secondary N) is 2. The molecule has 0 saturated carbocycles. The van der Waals surface area contributed by atoms with Crippen LogP contribution in [-0.2, 0) is 4.74 Å². The van der Waals surface area contributed by atoms with Gasteiger partial charge in [0, 0.05) is 6.54 Å². The van der Waals surface area contributed by atoms with Gasteiger partial charge in [-0.25, -0.2) is 9.80 Å². The maximum absolute atomic E-state index is 9.13. The van der Waals surface area contributed by atoms with Crippen LogP contribution in [0.5, 0.6) is 0 Å². The summed E-state index contributed by atoms with van der Waals surface area (Å²) in [5.41, 5.74) is 11.6. The second-order valence-electron chi connectivity index (χ2n) is 7.64. The molecule has 0 bridgehead atoms. The Morgan fingerprint density at radius 3 is 1.84 bits per heavy atom. The fourth-order valence-electron chi connectivity index (χ4n) is 3.09. The van der Waals surface area contributed by atoms with Gasteiger partial charge in [-0.15, -0.1) is 0 Å². The van der Waals surface area contributed by atoms with Crippen molar-refractivity contribution in [3.8, 4) is 12.4 Å². The molecule has 0 rings (SSSR count). The van der Waals surface area contributed by atoms with E-state index in [-0.39, 0.29) is 18.5 Å². The van der Waals surface area contributed by atoms with Gasteiger partial charge in [-0.05, 0) is 24.8 Å². The fraction of sp³-hybridized carbons (Fsp3) is 0.727. The monoisotopic (exact) mass is 432 g/mol. The third-order valence-corrected chi connectivity index (χ3v) is 4.93. The minimum atomic E-state index is -0.328. The molecule has 0 atom stereocenters. The molecule has 0 aromatic carbocycles. The van der Waals surface area contributed by atoms with Crippen LogP contribution in [0.25, 0.3) is 0 Å². The second kappa shape index (κ2) is 19.0. The molecule has 0 aliphatic rings. The molecule has 0 aliphatic heterocycles. The SMILES string of the molecule is CCCCCCCCCCCCOC=C(CCCN(C#N)C(=N)N)CN(C#N)C(=N)N. The van der Waals surface area contributed by atoms with Crippen LogP contribution in [0, 0.1) is 33.7 Å². The van der Waals surface area contributed by atoms with Gasteiger partial charge in [0.15, 0.2) is 12.4 Å². The lowest BCUT2D eigenvalue weighted by atomic mass is 10.1. The lowest BCUT2D eigenvalue weighted by Crippen LogP contribution is -2.34. The van der Waals surface area contributed by atoms with E-state index in [9.17, 15) is 0 Å². The highest BCUT2D eigenvalue weighted by molar-refractivity contribution is 5.76. The largest absolute Gasteiger partial charge is 0.501 e. The first-order valence-corrected chi connectivity index (χ1v) is 11.3. The van der Waals surface area contributed by atoms with Crippen LogP contribution < -0.4 is 11.5 Å². The minimum Gasteiger partial charge on any atom is -0.501 e. The van der Waals surface area contributed by atoms with E-state index in [4.69, 9.17) is 37.5 Å². The molecule has 0 spiro atoms. The van der Waals surface area contributed by atoms with E-state index >= 15 is 0 Å². The van der Waals surface area contributed by atoms with E-state index in [0.717, 1.165) is 28.2 Å². The molecular formula is C22H40N8O. The van der Waals surface area contributed by atoms with Crippen molar-refractivity contribution in [2.24, 2.45) is 11.5 Å². The van der Waals surface area contributed by atoms with Crippen molar-refractivity contribution in [2.75, 3.05) is 19.7 Å². The zero-order chi connectivity index (χ0) is 23.3. The third-order valence-electron chi connectivity index (χ3n) is 4.93. The average Bonchev–Trinajstić information content (AvgIpc) is 2.74. The van der Waals surface area contributed by atoms with Crippen molar-refractivity contribution in [1.82, 2.24) is 9.80 Å². The van der Waals surface area contributed by atoms with Crippen molar-refractivity contribution >= 4 is 11.9 Å². The lowest BCUT2D eigenvalue weighted by molar-refractivity contribution is 0.235. The van der Waals surface area contributed by atoms with E-state index in [2.05, 4.69) is 6.92 Å². The molecule has 0 aromatic heterocycles. The maximum atomic E-state index is 9.13. The Labute approximate surface area is 187 Å². The molecule has 31 heavy (non-hydrogen) atoms. The summed E-state index contributed by atoms with van der Waals surface area (Å²) >= 11 is 0. The Bertz CT molecular complexity index is 620. The van der Waals surface area contributed by atoms with Crippen LogP contribution in [-0.4, -0.2) is 41.4 Å². The van der Waals surface area contributed by atoms with Gasteiger partial charge < -0.3 is 16.2 Å². The van der Waals surface area contributed by atoms with Crippen molar-refractivity contribution < 1.29 is 4.74 Å². The fourth-order valence-corrected chi connectivity index (χ4v) is 3.09. The number of ether oxygens (including phenoxy) is 1. The van der Waals surface area contributed by atoms with Crippen LogP contribution in [0.1, 0.15) is 84.0 Å². The molecule has 0 unspecified atom stereocenters. The summed E-state index contributed by atoms with van der Waals surface area (Å²) < 4.78 is 5.67. The van der Waals surface area contributed by atoms with Gasteiger partial charge in [0.25, 0.3) is 0 Å². The van der Waals surface area contributed by atoms with Crippen LogP contribution in [0.2, 0.25) is 0 Å². The summed E-state index contributed by atoms with van der Waals surface area (Å²) in [7, 11) is 0. The molecule has 9 nitrogen and oxygen atoms in total. The highest BCUT2D eigenvalue weighted by atomic mass is 16.5. The predicted octanol–water partition coefficient (Wildman–Crippen LogP) is 3.94. The Morgan fingerprint density at radius 1 is 0.839 bits per heavy atom. The quantitative estimate of drug-likeness (QED) is 0.0636. The number of nitrogens with two attached hydrogens (primary N) is 2. The number of rotatable bonds is 18. The van der Waals surface area contributed by atoms with Crippen molar-refractivity contribution in [3.63, 3.8) is 0 Å². The first-order valence-electron chi connectivity index (χ1n) is 11.3. The average molecular weight is 433 g/mol. The van der Waals surface area contributed by atoms with Gasteiger partial charge in [-0.3, -0.25) is 10.8 Å².